The maximum atomic E-state index is 13.5. The molecule has 0 fully saturated rings. The van der Waals surface area contributed by atoms with Crippen LogP contribution in [0, 0.1) is 13.8 Å². The van der Waals surface area contributed by atoms with Gasteiger partial charge in [-0.25, -0.2) is 0 Å². The Bertz CT molecular complexity index is 1780. The molecule has 0 unspecified atom stereocenters. The highest BCUT2D eigenvalue weighted by molar-refractivity contribution is 7.98. The number of carbonyl (C=O) groups is 1. The zero-order valence-electron chi connectivity index (χ0n) is 24.6. The molecular weight excluding hydrogens is 580 g/mol. The molecule has 3 heterocycles. The molecule has 5 aromatic rings. The molecule has 10 heteroatoms. The smallest absolute Gasteiger partial charge is 0.277 e. The lowest BCUT2D eigenvalue weighted by Gasteiger charge is -2.20. The summed E-state index contributed by atoms with van der Waals surface area (Å²) in [5, 5.41) is 5.41. The van der Waals surface area contributed by atoms with Gasteiger partial charge in [-0.2, -0.15) is 10.1 Å². The number of amides is 1. The number of thioether (sulfide) groups is 1. The van der Waals surface area contributed by atoms with Crippen molar-refractivity contribution in [1.29, 1.82) is 0 Å². The number of pyridine rings is 1. The summed E-state index contributed by atoms with van der Waals surface area (Å²) in [5.74, 6) is 0.514. The van der Waals surface area contributed by atoms with Crippen LogP contribution >= 0.6 is 23.4 Å². The summed E-state index contributed by atoms with van der Waals surface area (Å²) < 4.78 is 3.49. The third-order valence-corrected chi connectivity index (χ3v) is 8.29. The van der Waals surface area contributed by atoms with Gasteiger partial charge in [0.2, 0.25) is 5.91 Å². The van der Waals surface area contributed by atoms with Crippen LogP contribution in [-0.4, -0.2) is 42.2 Å². The van der Waals surface area contributed by atoms with Crippen molar-refractivity contribution in [2.75, 3.05) is 7.05 Å². The van der Waals surface area contributed by atoms with Gasteiger partial charge in [0.25, 0.3) is 5.56 Å². The zero-order chi connectivity index (χ0) is 30.5. The second kappa shape index (κ2) is 13.4. The molecular formula is C33H33ClN6O2S. The highest BCUT2D eigenvalue weighted by Crippen LogP contribution is 2.24. The molecule has 0 N–H and O–H groups in total. The first kappa shape index (κ1) is 30.3. The summed E-state index contributed by atoms with van der Waals surface area (Å²) in [6, 6.07) is 19.9. The number of hydrogen-bond donors (Lipinski definition) is 0. The Morgan fingerprint density at radius 2 is 1.56 bits per heavy atom. The first-order valence-electron chi connectivity index (χ1n) is 13.9. The number of rotatable bonds is 10. The Hall–Kier alpha value is -4.21. The van der Waals surface area contributed by atoms with Gasteiger partial charge in [0, 0.05) is 67.2 Å². The van der Waals surface area contributed by atoms with Crippen LogP contribution in [0.3, 0.4) is 0 Å². The lowest BCUT2D eigenvalue weighted by Crippen LogP contribution is -2.31. The quantitative estimate of drug-likeness (QED) is 0.145. The number of carbonyl (C=O) groups excluding carboxylic acids is 1. The topological polar surface area (TPSA) is 85.9 Å². The molecule has 0 aliphatic rings. The SMILES string of the molecule is Cc1cc(CSc2nc(=O)c(Cc3cnn(C)c3)cn2CC(=O)N(C)Cc2ccc(-c3ccc(Cl)cc3)cc2)cc(C)n1. The summed E-state index contributed by atoms with van der Waals surface area (Å²) in [4.78, 5) is 37.1. The van der Waals surface area contributed by atoms with Gasteiger partial charge in [0.1, 0.15) is 6.54 Å². The van der Waals surface area contributed by atoms with Gasteiger partial charge >= 0.3 is 0 Å². The minimum atomic E-state index is -0.300. The molecule has 220 valence electrons. The van der Waals surface area contributed by atoms with Crippen molar-refractivity contribution in [2.45, 2.75) is 44.3 Å². The molecule has 0 radical (unpaired) electrons. The van der Waals surface area contributed by atoms with Crippen molar-refractivity contribution >= 4 is 29.3 Å². The fraction of sp³-hybridized carbons (Fsp3) is 0.242. The fourth-order valence-corrected chi connectivity index (χ4v) is 5.90. The fourth-order valence-electron chi connectivity index (χ4n) is 4.88. The summed E-state index contributed by atoms with van der Waals surface area (Å²) in [6.07, 6.45) is 5.76. The van der Waals surface area contributed by atoms with E-state index >= 15 is 0 Å². The van der Waals surface area contributed by atoms with Gasteiger partial charge in [-0.15, -0.1) is 0 Å². The van der Waals surface area contributed by atoms with Gasteiger partial charge in [-0.1, -0.05) is 59.8 Å². The van der Waals surface area contributed by atoms with Crippen molar-refractivity contribution in [3.05, 3.63) is 128 Å². The standard InChI is InChI=1S/C33H33ClN6O2S/c1-22-13-25(14-23(2)36-22)21-43-33-37-32(42)29(15-26-16-35-39(4)18-26)19-40(33)20-31(41)38(3)17-24-5-7-27(8-6-24)28-9-11-30(34)12-10-28/h5-14,16,18-19H,15,17,20-21H2,1-4H3. The van der Waals surface area contributed by atoms with E-state index in [0.29, 0.717) is 34.5 Å². The van der Waals surface area contributed by atoms with Gasteiger partial charge in [0.15, 0.2) is 5.16 Å². The molecule has 2 aromatic carbocycles. The lowest BCUT2D eigenvalue weighted by atomic mass is 10.0. The van der Waals surface area contributed by atoms with E-state index in [1.165, 1.54) is 11.8 Å². The van der Waals surface area contributed by atoms with Crippen molar-refractivity contribution in [3.63, 3.8) is 0 Å². The number of hydrogen-bond acceptors (Lipinski definition) is 6. The van der Waals surface area contributed by atoms with Crippen molar-refractivity contribution in [3.8, 4) is 11.1 Å². The number of nitrogens with zero attached hydrogens (tertiary/aromatic N) is 6. The second-order valence-corrected chi connectivity index (χ2v) is 12.1. The van der Waals surface area contributed by atoms with E-state index < -0.39 is 0 Å². The number of likely N-dealkylation sites (N-methyl/N-ethyl adjacent to an activating group) is 1. The van der Waals surface area contributed by atoms with E-state index in [1.54, 1.807) is 33.6 Å². The number of benzene rings is 2. The molecule has 0 atom stereocenters. The highest BCUT2D eigenvalue weighted by Gasteiger charge is 2.16. The van der Waals surface area contributed by atoms with E-state index in [0.717, 1.165) is 39.2 Å². The molecule has 0 bridgehead atoms. The Morgan fingerprint density at radius 1 is 0.907 bits per heavy atom. The Balaban J connectivity index is 1.34. The first-order valence-corrected chi connectivity index (χ1v) is 15.2. The molecule has 5 rings (SSSR count). The van der Waals surface area contributed by atoms with Gasteiger partial charge in [-0.05, 0) is 65.9 Å². The Labute approximate surface area is 260 Å². The summed E-state index contributed by atoms with van der Waals surface area (Å²) >= 11 is 7.46. The highest BCUT2D eigenvalue weighted by atomic mass is 35.5. The minimum absolute atomic E-state index is 0.0589. The summed E-state index contributed by atoms with van der Waals surface area (Å²) in [6.45, 7) is 4.43. The van der Waals surface area contributed by atoms with E-state index in [4.69, 9.17) is 11.6 Å². The number of aryl methyl sites for hydroxylation is 3. The molecule has 1 amide bonds. The number of aromatic nitrogens is 5. The van der Waals surface area contributed by atoms with Crippen LogP contribution in [-0.2, 0) is 37.1 Å². The van der Waals surface area contributed by atoms with Crippen molar-refractivity contribution in [2.24, 2.45) is 7.05 Å². The monoisotopic (exact) mass is 612 g/mol. The van der Waals surface area contributed by atoms with Crippen molar-refractivity contribution in [1.82, 2.24) is 29.2 Å². The average molecular weight is 613 g/mol. The van der Waals surface area contributed by atoms with Gasteiger partial charge in [0.05, 0.1) is 6.20 Å². The van der Waals surface area contributed by atoms with E-state index in [-0.39, 0.29) is 18.0 Å². The molecule has 3 aromatic heterocycles. The Morgan fingerprint density at radius 3 is 2.19 bits per heavy atom. The molecule has 0 aliphatic carbocycles. The van der Waals surface area contributed by atoms with E-state index in [9.17, 15) is 9.59 Å². The zero-order valence-corrected chi connectivity index (χ0v) is 26.2. The minimum Gasteiger partial charge on any atom is -0.340 e. The molecule has 43 heavy (non-hydrogen) atoms. The third-order valence-electron chi connectivity index (χ3n) is 6.97. The van der Waals surface area contributed by atoms with Gasteiger partial charge in [-0.3, -0.25) is 19.3 Å². The number of halogens is 1. The maximum Gasteiger partial charge on any atom is 0.277 e. The summed E-state index contributed by atoms with van der Waals surface area (Å²) in [7, 11) is 3.62. The molecule has 0 aliphatic heterocycles. The van der Waals surface area contributed by atoms with E-state index in [1.807, 2.05) is 87.8 Å². The average Bonchev–Trinajstić information content (AvgIpc) is 3.38. The van der Waals surface area contributed by atoms with Crippen molar-refractivity contribution < 1.29 is 4.79 Å². The molecule has 0 saturated heterocycles. The largest absolute Gasteiger partial charge is 0.340 e. The van der Waals surface area contributed by atoms with Crippen LogP contribution in [0.4, 0.5) is 0 Å². The van der Waals surface area contributed by atoms with Crippen LogP contribution in [0.25, 0.3) is 11.1 Å². The van der Waals surface area contributed by atoms with Crippen LogP contribution in [0.15, 0.2) is 89.2 Å². The predicted molar refractivity (Wildman–Crippen MR) is 171 cm³/mol. The van der Waals surface area contributed by atoms with Crippen LogP contribution in [0.5, 0.6) is 0 Å². The van der Waals surface area contributed by atoms with Crippen LogP contribution in [0.2, 0.25) is 5.02 Å². The molecule has 0 saturated carbocycles. The first-order chi connectivity index (χ1) is 20.6. The van der Waals surface area contributed by atoms with Crippen LogP contribution < -0.4 is 5.56 Å². The second-order valence-electron chi connectivity index (χ2n) is 10.7. The lowest BCUT2D eigenvalue weighted by molar-refractivity contribution is -0.131. The van der Waals surface area contributed by atoms with E-state index in [2.05, 4.69) is 15.1 Å². The van der Waals surface area contributed by atoms with Gasteiger partial charge < -0.3 is 9.47 Å². The Kier molecular flexibility index (Phi) is 9.43. The maximum absolute atomic E-state index is 13.5. The normalized spacial score (nSPS) is 11.1. The summed E-state index contributed by atoms with van der Waals surface area (Å²) in [5.41, 5.74) is 7.25. The molecule has 0 spiro atoms. The third kappa shape index (κ3) is 8.00. The molecule has 8 nitrogen and oxygen atoms in total. The van der Waals surface area contributed by atoms with Crippen LogP contribution in [0.1, 0.15) is 33.6 Å². The predicted octanol–water partition coefficient (Wildman–Crippen LogP) is 5.85.